The lowest BCUT2D eigenvalue weighted by Crippen LogP contribution is -2.34. The molecule has 9 heteroatoms. The van der Waals surface area contributed by atoms with Crippen LogP contribution in [0.3, 0.4) is 0 Å². The number of rotatable bonds is 18. The summed E-state index contributed by atoms with van der Waals surface area (Å²) in [6.45, 7) is 5.49. The molecule has 164 valence electrons. The molecule has 0 radical (unpaired) electrons. The number of nitrogens with zero attached hydrogens (tertiary/aromatic N) is 2. The maximum absolute atomic E-state index is 11.8. The van der Waals surface area contributed by atoms with Crippen molar-refractivity contribution in [1.82, 2.24) is 5.32 Å². The molecule has 0 aliphatic heterocycles. The first kappa shape index (κ1) is 25.0. The van der Waals surface area contributed by atoms with Gasteiger partial charge in [-0.3, -0.25) is 4.79 Å². The lowest BCUT2D eigenvalue weighted by Gasteiger charge is -2.07. The van der Waals surface area contributed by atoms with Crippen LogP contribution in [0.15, 0.2) is 29.7 Å². The predicted octanol–water partition coefficient (Wildman–Crippen LogP) is 0.467. The van der Waals surface area contributed by atoms with E-state index in [1.165, 1.54) is 6.21 Å². The monoisotopic (exact) mass is 411 g/mol. The first-order chi connectivity index (χ1) is 14.3. The molecule has 29 heavy (non-hydrogen) atoms. The van der Waals surface area contributed by atoms with Crippen LogP contribution in [0, 0.1) is 0 Å². The summed E-state index contributed by atoms with van der Waals surface area (Å²) in [5, 5.41) is 14.4. The molecule has 0 fully saturated rings. The summed E-state index contributed by atoms with van der Waals surface area (Å²) in [4.78, 5) is 11.8. The zero-order valence-corrected chi connectivity index (χ0v) is 17.1. The highest BCUT2D eigenvalue weighted by Crippen LogP contribution is 1.93. The van der Waals surface area contributed by atoms with Crippen molar-refractivity contribution in [3.8, 4) is 0 Å². The highest BCUT2D eigenvalue weighted by molar-refractivity contribution is 5.78. The standard InChI is InChI=1S/C20H34N4O5/c21-7-2-12-27-14-16-29-17-15-28-13-3-8-22-20(25)4-1-9-24-10-5-19(6-11-24)18-23-26/h5-6,10-11,18H,1-4,7-9,12-17,21H2,(H,22,25)/p+1. The van der Waals surface area contributed by atoms with E-state index in [0.29, 0.717) is 59.2 Å². The van der Waals surface area contributed by atoms with Gasteiger partial charge in [-0.2, -0.15) is 0 Å². The summed E-state index contributed by atoms with van der Waals surface area (Å²) in [7, 11) is 0. The van der Waals surface area contributed by atoms with Crippen LogP contribution >= 0.6 is 0 Å². The topological polar surface area (TPSA) is 119 Å². The smallest absolute Gasteiger partial charge is 0.220 e. The normalized spacial score (nSPS) is 11.2. The zero-order valence-electron chi connectivity index (χ0n) is 17.1. The zero-order chi connectivity index (χ0) is 21.0. The number of amides is 1. The highest BCUT2D eigenvalue weighted by atomic mass is 16.5. The van der Waals surface area contributed by atoms with E-state index in [2.05, 4.69) is 10.5 Å². The summed E-state index contributed by atoms with van der Waals surface area (Å²) in [6, 6.07) is 3.70. The molecule has 0 aliphatic rings. The number of oxime groups is 1. The second-order valence-corrected chi connectivity index (χ2v) is 6.40. The first-order valence-corrected chi connectivity index (χ1v) is 10.1. The molecule has 0 unspecified atom stereocenters. The van der Waals surface area contributed by atoms with Gasteiger partial charge in [-0.05, 0) is 19.4 Å². The average Bonchev–Trinajstić information content (AvgIpc) is 2.73. The molecule has 9 nitrogen and oxygen atoms in total. The van der Waals surface area contributed by atoms with Crippen LogP contribution in [0.25, 0.3) is 0 Å². The molecule has 0 aliphatic carbocycles. The van der Waals surface area contributed by atoms with E-state index in [1.807, 2.05) is 29.1 Å². The fourth-order valence-corrected chi connectivity index (χ4v) is 2.41. The molecule has 0 bridgehead atoms. The van der Waals surface area contributed by atoms with Gasteiger partial charge in [0.1, 0.15) is 6.54 Å². The number of aromatic nitrogens is 1. The van der Waals surface area contributed by atoms with Gasteiger partial charge in [0, 0.05) is 50.3 Å². The van der Waals surface area contributed by atoms with Gasteiger partial charge < -0.3 is 30.5 Å². The highest BCUT2D eigenvalue weighted by Gasteiger charge is 2.04. The number of hydrogen-bond acceptors (Lipinski definition) is 7. The number of carbonyl (C=O) groups excluding carboxylic acids is 1. The third kappa shape index (κ3) is 14.6. The van der Waals surface area contributed by atoms with Crippen LogP contribution < -0.4 is 15.6 Å². The van der Waals surface area contributed by atoms with E-state index in [1.54, 1.807) is 0 Å². The van der Waals surface area contributed by atoms with E-state index in [0.717, 1.165) is 31.4 Å². The summed E-state index contributed by atoms with van der Waals surface area (Å²) in [5.41, 5.74) is 6.19. The van der Waals surface area contributed by atoms with Gasteiger partial charge in [-0.1, -0.05) is 5.16 Å². The first-order valence-electron chi connectivity index (χ1n) is 10.1. The Balaban J connectivity index is 1.88. The molecule has 4 N–H and O–H groups in total. The predicted molar refractivity (Wildman–Crippen MR) is 109 cm³/mol. The van der Waals surface area contributed by atoms with Crippen molar-refractivity contribution in [3.63, 3.8) is 0 Å². The molecule has 0 aromatic carbocycles. The van der Waals surface area contributed by atoms with Gasteiger partial charge in [0.2, 0.25) is 5.91 Å². The fraction of sp³-hybridized carbons (Fsp3) is 0.650. The minimum Gasteiger partial charge on any atom is -0.411 e. The second-order valence-electron chi connectivity index (χ2n) is 6.40. The number of ether oxygens (including phenoxy) is 3. The fourth-order valence-electron chi connectivity index (χ4n) is 2.41. The minimum absolute atomic E-state index is 0.0487. The Bertz CT molecular complexity index is 554. The van der Waals surface area contributed by atoms with Crippen molar-refractivity contribution in [2.24, 2.45) is 10.9 Å². The Morgan fingerprint density at radius 3 is 2.28 bits per heavy atom. The van der Waals surface area contributed by atoms with E-state index in [4.69, 9.17) is 25.2 Å². The van der Waals surface area contributed by atoms with Crippen molar-refractivity contribution in [2.45, 2.75) is 32.2 Å². The van der Waals surface area contributed by atoms with E-state index in [9.17, 15) is 4.79 Å². The van der Waals surface area contributed by atoms with Gasteiger partial charge >= 0.3 is 0 Å². The number of pyridine rings is 1. The van der Waals surface area contributed by atoms with Crippen molar-refractivity contribution >= 4 is 12.1 Å². The third-order valence-corrected chi connectivity index (χ3v) is 3.97. The maximum atomic E-state index is 11.8. The quantitative estimate of drug-likeness (QED) is 0.106. The van der Waals surface area contributed by atoms with E-state index in [-0.39, 0.29) is 5.91 Å². The molecule has 1 heterocycles. The number of nitrogens with one attached hydrogen (secondary N) is 1. The van der Waals surface area contributed by atoms with Crippen LogP contribution in [0.2, 0.25) is 0 Å². The van der Waals surface area contributed by atoms with E-state index >= 15 is 0 Å². The summed E-state index contributed by atoms with van der Waals surface area (Å²) in [6.07, 6.45) is 8.04. The molecule has 0 saturated heterocycles. The van der Waals surface area contributed by atoms with Crippen molar-refractivity contribution in [2.75, 3.05) is 52.7 Å². The third-order valence-electron chi connectivity index (χ3n) is 3.97. The van der Waals surface area contributed by atoms with Gasteiger partial charge in [0.05, 0.1) is 32.6 Å². The van der Waals surface area contributed by atoms with Crippen LogP contribution in [-0.4, -0.2) is 70.1 Å². The van der Waals surface area contributed by atoms with Gasteiger partial charge in [-0.15, -0.1) is 0 Å². The SMILES string of the molecule is NCCCOCCOCCOCCCNC(=O)CCC[n+]1ccc(/C=N/O)cc1. The maximum Gasteiger partial charge on any atom is 0.220 e. The number of carbonyl (C=O) groups is 1. The number of nitrogens with two attached hydrogens (primary N) is 1. The molecular formula is C20H35N4O5+. The largest absolute Gasteiger partial charge is 0.411 e. The van der Waals surface area contributed by atoms with Crippen LogP contribution in [0.5, 0.6) is 0 Å². The van der Waals surface area contributed by atoms with Gasteiger partial charge in [0.25, 0.3) is 0 Å². The van der Waals surface area contributed by atoms with Gasteiger partial charge in [-0.25, -0.2) is 4.57 Å². The van der Waals surface area contributed by atoms with Crippen LogP contribution in [-0.2, 0) is 25.5 Å². The lowest BCUT2D eigenvalue weighted by atomic mass is 10.2. The van der Waals surface area contributed by atoms with Gasteiger partial charge in [0.15, 0.2) is 12.4 Å². The minimum atomic E-state index is 0.0487. The van der Waals surface area contributed by atoms with Crippen molar-refractivity contribution in [3.05, 3.63) is 30.1 Å². The second kappa shape index (κ2) is 18.0. The number of aryl methyl sites for hydroxylation is 1. The number of hydrogen-bond donors (Lipinski definition) is 3. The Morgan fingerprint density at radius 2 is 1.66 bits per heavy atom. The molecule has 1 aromatic heterocycles. The lowest BCUT2D eigenvalue weighted by molar-refractivity contribution is -0.697. The summed E-state index contributed by atoms with van der Waals surface area (Å²) in [5.74, 6) is 0.0487. The molecule has 0 spiro atoms. The molecule has 0 atom stereocenters. The van der Waals surface area contributed by atoms with Crippen molar-refractivity contribution in [1.29, 1.82) is 0 Å². The molecular weight excluding hydrogens is 376 g/mol. The molecule has 1 aromatic rings. The Morgan fingerprint density at radius 1 is 1.03 bits per heavy atom. The Labute approximate surface area is 172 Å². The molecule has 0 saturated carbocycles. The van der Waals surface area contributed by atoms with E-state index < -0.39 is 0 Å². The Hall–Kier alpha value is -2.07. The summed E-state index contributed by atoms with van der Waals surface area (Å²) >= 11 is 0. The molecule has 1 rings (SSSR count). The Kier molecular flexibility index (Phi) is 15.5. The van der Waals surface area contributed by atoms with Crippen LogP contribution in [0.4, 0.5) is 0 Å². The average molecular weight is 412 g/mol. The summed E-state index contributed by atoms with van der Waals surface area (Å²) < 4.78 is 18.2. The molecule has 1 amide bonds. The van der Waals surface area contributed by atoms with Crippen molar-refractivity contribution < 1.29 is 28.8 Å². The van der Waals surface area contributed by atoms with Crippen LogP contribution in [0.1, 0.15) is 31.2 Å².